The van der Waals surface area contributed by atoms with Gasteiger partial charge >= 0.3 is 0 Å². The van der Waals surface area contributed by atoms with E-state index >= 15 is 0 Å². The van der Waals surface area contributed by atoms with Gasteiger partial charge < -0.3 is 10.6 Å². The van der Waals surface area contributed by atoms with E-state index in [1.165, 1.54) is 6.20 Å². The van der Waals surface area contributed by atoms with Gasteiger partial charge in [-0.15, -0.1) is 0 Å². The molecule has 5 nitrogen and oxygen atoms in total. The first kappa shape index (κ1) is 18.4. The van der Waals surface area contributed by atoms with Crippen LogP contribution in [0.25, 0.3) is 0 Å². The fourth-order valence-electron chi connectivity index (χ4n) is 2.03. The zero-order valence-electron chi connectivity index (χ0n) is 14.7. The van der Waals surface area contributed by atoms with Gasteiger partial charge in [-0.25, -0.2) is 0 Å². The third-order valence-corrected chi connectivity index (χ3v) is 3.31. The second-order valence-corrected chi connectivity index (χ2v) is 6.81. The lowest BCUT2D eigenvalue weighted by Gasteiger charge is -2.11. The molecule has 0 aliphatic rings. The average Bonchev–Trinajstić information content (AvgIpc) is 2.58. The molecule has 2 rings (SSSR count). The molecule has 0 unspecified atom stereocenters. The minimum absolute atomic E-state index is 0.0339. The van der Waals surface area contributed by atoms with Crippen molar-refractivity contribution in [1.29, 1.82) is 0 Å². The Hall–Kier alpha value is -2.95. The topological polar surface area (TPSA) is 71.1 Å². The van der Waals surface area contributed by atoms with E-state index in [4.69, 9.17) is 0 Å². The van der Waals surface area contributed by atoms with Crippen LogP contribution < -0.4 is 10.6 Å². The maximum atomic E-state index is 12.1. The highest BCUT2D eigenvalue weighted by molar-refractivity contribution is 6.04. The van der Waals surface area contributed by atoms with Gasteiger partial charge in [-0.05, 0) is 41.3 Å². The summed E-state index contributed by atoms with van der Waals surface area (Å²) in [6.07, 6.45) is 6.55. The van der Waals surface area contributed by atoms with Gasteiger partial charge in [-0.1, -0.05) is 39.0 Å². The number of nitrogens with zero attached hydrogens (tertiary/aromatic N) is 1. The number of carbonyl (C=O) groups is 2. The molecule has 0 saturated heterocycles. The van der Waals surface area contributed by atoms with Crippen molar-refractivity contribution in [2.75, 3.05) is 5.32 Å². The monoisotopic (exact) mass is 337 g/mol. The van der Waals surface area contributed by atoms with Gasteiger partial charge in [0.15, 0.2) is 0 Å². The lowest BCUT2D eigenvalue weighted by atomic mass is 9.96. The predicted molar refractivity (Wildman–Crippen MR) is 99.1 cm³/mol. The number of benzene rings is 1. The first-order valence-electron chi connectivity index (χ1n) is 8.11. The van der Waals surface area contributed by atoms with E-state index in [1.54, 1.807) is 30.5 Å². The molecule has 2 amide bonds. The Balaban J connectivity index is 1.94. The number of aromatic nitrogens is 1. The summed E-state index contributed by atoms with van der Waals surface area (Å²) in [6, 6.07) is 10.8. The molecular weight excluding hydrogens is 314 g/mol. The summed E-state index contributed by atoms with van der Waals surface area (Å²) in [5, 5.41) is 5.66. The van der Waals surface area contributed by atoms with Crippen LogP contribution in [0.2, 0.25) is 0 Å². The molecule has 0 spiro atoms. The molecular formula is C20H23N3O2. The van der Waals surface area contributed by atoms with Gasteiger partial charge in [0.2, 0.25) is 5.91 Å². The van der Waals surface area contributed by atoms with E-state index in [1.807, 2.05) is 45.0 Å². The maximum Gasteiger partial charge on any atom is 0.257 e. The second kappa shape index (κ2) is 8.24. The van der Waals surface area contributed by atoms with Crippen LogP contribution in [-0.2, 0) is 11.3 Å². The van der Waals surface area contributed by atoms with Crippen LogP contribution in [0.1, 0.15) is 36.7 Å². The van der Waals surface area contributed by atoms with Crippen LogP contribution >= 0.6 is 0 Å². The Morgan fingerprint density at radius 2 is 1.96 bits per heavy atom. The Morgan fingerprint density at radius 3 is 2.64 bits per heavy atom. The number of nitrogens with one attached hydrogen (secondary N) is 2. The minimum Gasteiger partial charge on any atom is -0.348 e. The molecule has 0 fully saturated rings. The molecule has 0 atom stereocenters. The summed E-state index contributed by atoms with van der Waals surface area (Å²) >= 11 is 0. The summed E-state index contributed by atoms with van der Waals surface area (Å²) in [5.74, 6) is -0.359. The minimum atomic E-state index is -0.220. The number of allylic oxidation sites excluding steroid dienone is 1. The molecule has 1 aromatic carbocycles. The Kier molecular flexibility index (Phi) is 6.06. The van der Waals surface area contributed by atoms with E-state index in [2.05, 4.69) is 15.6 Å². The molecule has 0 aliphatic carbocycles. The SMILES string of the molecule is CC(C)(C)/C=C/C(=O)NCc1cccc(NC(=O)c2cccnc2)c1. The number of anilines is 1. The number of hydrogen-bond acceptors (Lipinski definition) is 3. The summed E-state index contributed by atoms with van der Waals surface area (Å²) in [4.78, 5) is 27.9. The predicted octanol–water partition coefficient (Wildman–Crippen LogP) is 3.55. The largest absolute Gasteiger partial charge is 0.348 e. The van der Waals surface area contributed by atoms with Crippen LogP contribution in [0.5, 0.6) is 0 Å². The third kappa shape index (κ3) is 6.59. The van der Waals surface area contributed by atoms with Crippen LogP contribution in [-0.4, -0.2) is 16.8 Å². The number of pyridine rings is 1. The number of carbonyl (C=O) groups excluding carboxylic acids is 2. The lowest BCUT2D eigenvalue weighted by Crippen LogP contribution is -2.21. The van der Waals surface area contributed by atoms with Gasteiger partial charge in [0.1, 0.15) is 0 Å². The van der Waals surface area contributed by atoms with Crippen molar-refractivity contribution in [3.8, 4) is 0 Å². The van der Waals surface area contributed by atoms with Crippen molar-refractivity contribution in [3.63, 3.8) is 0 Å². The zero-order valence-corrected chi connectivity index (χ0v) is 14.7. The second-order valence-electron chi connectivity index (χ2n) is 6.81. The van der Waals surface area contributed by atoms with Crippen molar-refractivity contribution >= 4 is 17.5 Å². The Bertz CT molecular complexity index is 762. The van der Waals surface area contributed by atoms with E-state index in [0.717, 1.165) is 5.56 Å². The van der Waals surface area contributed by atoms with E-state index in [9.17, 15) is 9.59 Å². The fraction of sp³-hybridized carbons (Fsp3) is 0.250. The molecule has 130 valence electrons. The Morgan fingerprint density at radius 1 is 1.16 bits per heavy atom. The number of rotatable bonds is 5. The van der Waals surface area contributed by atoms with Gasteiger partial charge in [0.05, 0.1) is 5.56 Å². The summed E-state index contributed by atoms with van der Waals surface area (Å²) in [5.41, 5.74) is 2.04. The smallest absolute Gasteiger partial charge is 0.257 e. The van der Waals surface area contributed by atoms with Crippen LogP contribution in [0.3, 0.4) is 0 Å². The first-order chi connectivity index (χ1) is 11.8. The summed E-state index contributed by atoms with van der Waals surface area (Å²) < 4.78 is 0. The van der Waals surface area contributed by atoms with Crippen molar-refractivity contribution in [2.24, 2.45) is 5.41 Å². The molecule has 2 N–H and O–H groups in total. The number of amides is 2. The number of hydrogen-bond donors (Lipinski definition) is 2. The molecule has 25 heavy (non-hydrogen) atoms. The van der Waals surface area contributed by atoms with Gasteiger partial charge in [-0.3, -0.25) is 14.6 Å². The molecule has 2 aromatic rings. The molecule has 0 saturated carbocycles. The highest BCUT2D eigenvalue weighted by Crippen LogP contribution is 2.14. The molecule has 5 heteroatoms. The van der Waals surface area contributed by atoms with Crippen molar-refractivity contribution in [1.82, 2.24) is 10.3 Å². The third-order valence-electron chi connectivity index (χ3n) is 3.31. The maximum absolute atomic E-state index is 12.1. The van der Waals surface area contributed by atoms with Crippen molar-refractivity contribution in [3.05, 3.63) is 72.1 Å². The van der Waals surface area contributed by atoms with Crippen LogP contribution in [0.15, 0.2) is 60.9 Å². The zero-order chi connectivity index (χ0) is 18.3. The fourth-order valence-corrected chi connectivity index (χ4v) is 2.03. The van der Waals surface area contributed by atoms with Gasteiger partial charge in [0.25, 0.3) is 5.91 Å². The van der Waals surface area contributed by atoms with Gasteiger partial charge in [-0.2, -0.15) is 0 Å². The lowest BCUT2D eigenvalue weighted by molar-refractivity contribution is -0.116. The summed E-state index contributed by atoms with van der Waals surface area (Å²) in [7, 11) is 0. The first-order valence-corrected chi connectivity index (χ1v) is 8.11. The van der Waals surface area contributed by atoms with Crippen molar-refractivity contribution in [2.45, 2.75) is 27.3 Å². The highest BCUT2D eigenvalue weighted by atomic mass is 16.2. The van der Waals surface area contributed by atoms with Crippen molar-refractivity contribution < 1.29 is 9.59 Å². The summed E-state index contributed by atoms with van der Waals surface area (Å²) in [6.45, 7) is 6.49. The molecule has 0 bridgehead atoms. The average molecular weight is 337 g/mol. The van der Waals surface area contributed by atoms with E-state index in [-0.39, 0.29) is 17.2 Å². The normalized spacial score (nSPS) is 11.3. The standard InChI is InChI=1S/C20H23N3O2/c1-20(2,3)10-9-18(24)22-13-15-6-4-8-17(12-15)23-19(25)16-7-5-11-21-14-16/h4-12,14H,13H2,1-3H3,(H,22,24)(H,23,25)/b10-9+. The van der Waals surface area contributed by atoms with E-state index < -0.39 is 0 Å². The quantitative estimate of drug-likeness (QED) is 0.820. The Labute approximate surface area is 148 Å². The van der Waals surface area contributed by atoms with Crippen LogP contribution in [0.4, 0.5) is 5.69 Å². The highest BCUT2D eigenvalue weighted by Gasteiger charge is 2.07. The van der Waals surface area contributed by atoms with Crippen LogP contribution in [0, 0.1) is 5.41 Å². The molecule has 0 aliphatic heterocycles. The molecule has 1 aromatic heterocycles. The molecule has 1 heterocycles. The van der Waals surface area contributed by atoms with Gasteiger partial charge in [0, 0.05) is 24.6 Å². The molecule has 0 radical (unpaired) electrons. The van der Waals surface area contributed by atoms with E-state index in [0.29, 0.717) is 17.8 Å².